The molecule has 0 saturated carbocycles. The van der Waals surface area contributed by atoms with Gasteiger partial charge in [-0.3, -0.25) is 0 Å². The van der Waals surface area contributed by atoms with Gasteiger partial charge in [0.2, 0.25) is 0 Å². The van der Waals surface area contributed by atoms with Crippen LogP contribution < -0.4 is 10.6 Å². The van der Waals surface area contributed by atoms with E-state index in [0.717, 1.165) is 23.1 Å². The predicted octanol–water partition coefficient (Wildman–Crippen LogP) is 4.08. The SMILES string of the molecule is CCCN(C)c1cc(Br)c(C(C)(C)F)cc1N. The van der Waals surface area contributed by atoms with Crippen molar-refractivity contribution in [3.63, 3.8) is 0 Å². The molecule has 0 amide bonds. The molecule has 2 N–H and O–H groups in total. The van der Waals surface area contributed by atoms with Crippen LogP contribution in [-0.4, -0.2) is 13.6 Å². The number of alkyl halides is 1. The van der Waals surface area contributed by atoms with Crippen molar-refractivity contribution < 1.29 is 4.39 Å². The minimum absolute atomic E-state index is 0.587. The monoisotopic (exact) mass is 302 g/mol. The number of halogens is 2. The molecule has 1 aromatic rings. The normalized spacial score (nSPS) is 11.6. The molecule has 0 spiro atoms. The van der Waals surface area contributed by atoms with E-state index < -0.39 is 5.67 Å². The first kappa shape index (κ1) is 14.3. The molecule has 0 aliphatic rings. The second kappa shape index (κ2) is 5.25. The molecule has 0 bridgehead atoms. The summed E-state index contributed by atoms with van der Waals surface area (Å²) in [5.41, 5.74) is 6.73. The highest BCUT2D eigenvalue weighted by Gasteiger charge is 2.23. The third-order valence-electron chi connectivity index (χ3n) is 2.73. The van der Waals surface area contributed by atoms with Gasteiger partial charge in [0.1, 0.15) is 5.67 Å². The second-order valence-electron chi connectivity index (χ2n) is 4.78. The Morgan fingerprint density at radius 2 is 2.00 bits per heavy atom. The van der Waals surface area contributed by atoms with Crippen LogP contribution in [0.25, 0.3) is 0 Å². The minimum Gasteiger partial charge on any atom is -0.397 e. The zero-order valence-electron chi connectivity index (χ0n) is 10.8. The van der Waals surface area contributed by atoms with Gasteiger partial charge in [-0.05, 0) is 32.4 Å². The molecule has 0 aromatic heterocycles. The van der Waals surface area contributed by atoms with Gasteiger partial charge in [0, 0.05) is 23.6 Å². The summed E-state index contributed by atoms with van der Waals surface area (Å²) in [6.45, 7) is 6.10. The van der Waals surface area contributed by atoms with Gasteiger partial charge < -0.3 is 10.6 Å². The molecule has 0 aliphatic heterocycles. The van der Waals surface area contributed by atoms with Crippen molar-refractivity contribution in [3.8, 4) is 0 Å². The van der Waals surface area contributed by atoms with Crippen LogP contribution >= 0.6 is 15.9 Å². The van der Waals surface area contributed by atoms with Gasteiger partial charge in [0.25, 0.3) is 0 Å². The summed E-state index contributed by atoms with van der Waals surface area (Å²) in [4.78, 5) is 2.08. The van der Waals surface area contributed by atoms with Crippen molar-refractivity contribution in [2.24, 2.45) is 0 Å². The summed E-state index contributed by atoms with van der Waals surface area (Å²) in [6, 6.07) is 3.60. The number of hydrogen-bond acceptors (Lipinski definition) is 2. The summed E-state index contributed by atoms with van der Waals surface area (Å²) in [7, 11) is 1.99. The number of nitrogens with zero attached hydrogens (tertiary/aromatic N) is 1. The highest BCUT2D eigenvalue weighted by Crippen LogP contribution is 2.37. The molecule has 1 rings (SSSR count). The molecule has 0 aliphatic carbocycles. The van der Waals surface area contributed by atoms with Crippen LogP contribution in [0.3, 0.4) is 0 Å². The number of rotatable bonds is 4. The average molecular weight is 303 g/mol. The van der Waals surface area contributed by atoms with Crippen molar-refractivity contribution in [2.75, 3.05) is 24.2 Å². The molecule has 4 heteroatoms. The predicted molar refractivity (Wildman–Crippen MR) is 76.2 cm³/mol. The topological polar surface area (TPSA) is 29.3 Å². The number of benzene rings is 1. The highest BCUT2D eigenvalue weighted by molar-refractivity contribution is 9.10. The Hall–Kier alpha value is -0.770. The number of nitrogens with two attached hydrogens (primary N) is 1. The van der Waals surface area contributed by atoms with Crippen LogP contribution in [-0.2, 0) is 5.67 Å². The molecule has 1 aromatic carbocycles. The fourth-order valence-corrected chi connectivity index (χ4v) is 2.62. The first-order chi connectivity index (χ1) is 7.77. The maximum absolute atomic E-state index is 13.9. The molecule has 96 valence electrons. The van der Waals surface area contributed by atoms with E-state index in [1.807, 2.05) is 13.1 Å². The van der Waals surface area contributed by atoms with Crippen molar-refractivity contribution in [1.29, 1.82) is 0 Å². The van der Waals surface area contributed by atoms with E-state index in [1.54, 1.807) is 6.07 Å². The molecular weight excluding hydrogens is 283 g/mol. The van der Waals surface area contributed by atoms with Crippen LogP contribution in [0.1, 0.15) is 32.8 Å². The van der Waals surface area contributed by atoms with Crippen LogP contribution in [0.5, 0.6) is 0 Å². The van der Waals surface area contributed by atoms with Crippen LogP contribution in [0, 0.1) is 0 Å². The third kappa shape index (κ3) is 3.35. The van der Waals surface area contributed by atoms with Gasteiger partial charge in [0.15, 0.2) is 0 Å². The lowest BCUT2D eigenvalue weighted by atomic mass is 9.99. The fraction of sp³-hybridized carbons (Fsp3) is 0.538. The van der Waals surface area contributed by atoms with Crippen molar-refractivity contribution in [2.45, 2.75) is 32.9 Å². The molecule has 2 nitrogen and oxygen atoms in total. The van der Waals surface area contributed by atoms with Crippen molar-refractivity contribution in [1.82, 2.24) is 0 Å². The standard InChI is InChI=1S/C13H20BrFN2/c1-5-6-17(4)12-8-10(14)9(7-11(12)16)13(2,3)15/h7-8H,5-6,16H2,1-4H3. The third-order valence-corrected chi connectivity index (χ3v) is 3.38. The van der Waals surface area contributed by atoms with Gasteiger partial charge in [-0.1, -0.05) is 22.9 Å². The summed E-state index contributed by atoms with van der Waals surface area (Å²) in [5.74, 6) is 0. The largest absolute Gasteiger partial charge is 0.397 e. The molecule has 0 unspecified atom stereocenters. The Morgan fingerprint density at radius 1 is 1.41 bits per heavy atom. The molecule has 17 heavy (non-hydrogen) atoms. The first-order valence-electron chi connectivity index (χ1n) is 5.77. The van der Waals surface area contributed by atoms with Crippen LogP contribution in [0.2, 0.25) is 0 Å². The molecule has 0 fully saturated rings. The second-order valence-corrected chi connectivity index (χ2v) is 5.64. The van der Waals surface area contributed by atoms with Crippen molar-refractivity contribution >= 4 is 27.3 Å². The van der Waals surface area contributed by atoms with Gasteiger partial charge in [-0.15, -0.1) is 0 Å². The van der Waals surface area contributed by atoms with Gasteiger partial charge in [0.05, 0.1) is 11.4 Å². The first-order valence-corrected chi connectivity index (χ1v) is 6.56. The smallest absolute Gasteiger partial charge is 0.131 e. The van der Waals surface area contributed by atoms with E-state index in [0.29, 0.717) is 11.3 Å². The number of anilines is 2. The average Bonchev–Trinajstić information content (AvgIpc) is 2.19. The maximum Gasteiger partial charge on any atom is 0.131 e. The molecular formula is C13H20BrFN2. The van der Waals surface area contributed by atoms with Gasteiger partial charge in [-0.25, -0.2) is 4.39 Å². The maximum atomic E-state index is 13.9. The molecule has 0 heterocycles. The van der Waals surface area contributed by atoms with Gasteiger partial charge >= 0.3 is 0 Å². The summed E-state index contributed by atoms with van der Waals surface area (Å²) < 4.78 is 14.7. The quantitative estimate of drug-likeness (QED) is 0.849. The van der Waals surface area contributed by atoms with Crippen molar-refractivity contribution in [3.05, 3.63) is 22.2 Å². The number of nitrogen functional groups attached to an aromatic ring is 1. The zero-order valence-corrected chi connectivity index (χ0v) is 12.4. The molecule has 0 radical (unpaired) electrons. The Morgan fingerprint density at radius 3 is 2.47 bits per heavy atom. The van der Waals surface area contributed by atoms with Crippen LogP contribution in [0.4, 0.5) is 15.8 Å². The lowest BCUT2D eigenvalue weighted by Gasteiger charge is -2.24. The van der Waals surface area contributed by atoms with Crippen LogP contribution in [0.15, 0.2) is 16.6 Å². The number of hydrogen-bond donors (Lipinski definition) is 1. The van der Waals surface area contributed by atoms with Gasteiger partial charge in [-0.2, -0.15) is 0 Å². The van der Waals surface area contributed by atoms with E-state index in [9.17, 15) is 4.39 Å². The Balaban J connectivity index is 3.18. The molecule has 0 atom stereocenters. The Kier molecular flexibility index (Phi) is 4.42. The summed E-state index contributed by atoms with van der Waals surface area (Å²) >= 11 is 3.41. The lowest BCUT2D eigenvalue weighted by molar-refractivity contribution is 0.220. The fourth-order valence-electron chi connectivity index (χ4n) is 1.82. The van der Waals surface area contributed by atoms with E-state index in [1.165, 1.54) is 13.8 Å². The van der Waals surface area contributed by atoms with E-state index >= 15 is 0 Å². The minimum atomic E-state index is -1.39. The van der Waals surface area contributed by atoms with E-state index in [-0.39, 0.29) is 0 Å². The highest BCUT2D eigenvalue weighted by atomic mass is 79.9. The Labute approximate surface area is 111 Å². The lowest BCUT2D eigenvalue weighted by Crippen LogP contribution is -2.20. The molecule has 0 saturated heterocycles. The Bertz CT molecular complexity index is 399. The zero-order chi connectivity index (χ0) is 13.2. The summed E-state index contributed by atoms with van der Waals surface area (Å²) in [5, 5.41) is 0. The van der Waals surface area contributed by atoms with E-state index in [4.69, 9.17) is 5.73 Å². The van der Waals surface area contributed by atoms with E-state index in [2.05, 4.69) is 27.8 Å². The summed E-state index contributed by atoms with van der Waals surface area (Å²) in [6.07, 6.45) is 1.05.